The van der Waals surface area contributed by atoms with Gasteiger partial charge < -0.3 is 0 Å². The maximum absolute atomic E-state index is 10.7. The Balaban J connectivity index is 3.14. The van der Waals surface area contributed by atoms with E-state index in [1.54, 1.807) is 0 Å². The van der Waals surface area contributed by atoms with E-state index in [4.69, 9.17) is 0 Å². The van der Waals surface area contributed by atoms with Crippen LogP contribution in [-0.4, -0.2) is 5.91 Å². The lowest BCUT2D eigenvalue weighted by Gasteiger charge is -1.94. The molecule has 0 aliphatic rings. The summed E-state index contributed by atoms with van der Waals surface area (Å²) in [5.41, 5.74) is 0. The number of halogens is 1. The zero-order chi connectivity index (χ0) is 8.53. The van der Waals surface area contributed by atoms with Gasteiger partial charge in [0.1, 0.15) is 0 Å². The molecule has 0 aliphatic carbocycles. The highest BCUT2D eigenvalue weighted by atomic mass is 127. The summed E-state index contributed by atoms with van der Waals surface area (Å²) in [5, 5.41) is 0. The first-order chi connectivity index (χ1) is 5.31. The third kappa shape index (κ3) is 7.84. The van der Waals surface area contributed by atoms with Crippen LogP contribution in [0.3, 0.4) is 0 Å². The van der Waals surface area contributed by atoms with Gasteiger partial charge in [-0.05, 0) is 19.3 Å². The van der Waals surface area contributed by atoms with E-state index < -0.39 is 0 Å². The smallest absolute Gasteiger partial charge is 0.228 e. The van der Waals surface area contributed by atoms with Crippen LogP contribution in [0.4, 0.5) is 0 Å². The van der Waals surface area contributed by atoms with Gasteiger partial charge in [-0.3, -0.25) is 8.32 Å². The van der Waals surface area contributed by atoms with Gasteiger partial charge in [-0.25, -0.2) is 0 Å². The van der Waals surface area contributed by atoms with Crippen LogP contribution < -0.4 is 3.53 Å². The summed E-state index contributed by atoms with van der Waals surface area (Å²) in [6, 6.07) is 0. The first kappa shape index (κ1) is 10.9. The van der Waals surface area contributed by atoms with E-state index in [-0.39, 0.29) is 5.91 Å². The molecular weight excluding hydrogens is 253 g/mol. The first-order valence-corrected chi connectivity index (χ1v) is 4.93. The van der Waals surface area contributed by atoms with E-state index in [1.165, 1.54) is 0 Å². The summed E-state index contributed by atoms with van der Waals surface area (Å²) in [6.07, 6.45) is 7.93. The summed E-state index contributed by atoms with van der Waals surface area (Å²) in [6.45, 7) is 2.11. The zero-order valence-corrected chi connectivity index (χ0v) is 8.93. The molecule has 0 aliphatic heterocycles. The molecule has 11 heavy (non-hydrogen) atoms. The lowest BCUT2D eigenvalue weighted by atomic mass is 10.2. The van der Waals surface area contributed by atoms with Gasteiger partial charge in [0.15, 0.2) is 0 Å². The van der Waals surface area contributed by atoms with Crippen LogP contribution in [0.2, 0.25) is 0 Å². The lowest BCUT2D eigenvalue weighted by molar-refractivity contribution is -0.118. The van der Waals surface area contributed by atoms with Crippen molar-refractivity contribution in [3.05, 3.63) is 12.2 Å². The highest BCUT2D eigenvalue weighted by molar-refractivity contribution is 14.1. The number of carbonyl (C=O) groups is 1. The molecule has 0 rings (SSSR count). The van der Waals surface area contributed by atoms with Crippen LogP contribution in [-0.2, 0) is 4.79 Å². The van der Waals surface area contributed by atoms with Gasteiger partial charge in [-0.1, -0.05) is 19.1 Å². The standard InChI is InChI=1S/C8H14INO/c1-2-3-4-5-6-7-8(11)10-9/h3-4H,2,5-7H2,1H3,(H,10,11)/b4-3+. The fraction of sp³-hybridized carbons (Fsp3) is 0.625. The van der Waals surface area contributed by atoms with E-state index in [0.717, 1.165) is 19.3 Å². The topological polar surface area (TPSA) is 29.1 Å². The second kappa shape index (κ2) is 8.04. The molecule has 1 amide bonds. The molecule has 64 valence electrons. The average molecular weight is 267 g/mol. The second-order valence-corrected chi connectivity index (χ2v) is 2.83. The quantitative estimate of drug-likeness (QED) is 0.353. The molecule has 0 spiro atoms. The number of rotatable bonds is 5. The van der Waals surface area contributed by atoms with E-state index in [1.807, 2.05) is 22.9 Å². The Morgan fingerprint density at radius 2 is 2.27 bits per heavy atom. The van der Waals surface area contributed by atoms with Crippen molar-refractivity contribution in [1.29, 1.82) is 0 Å². The van der Waals surface area contributed by atoms with Crippen LogP contribution in [0.15, 0.2) is 12.2 Å². The Morgan fingerprint density at radius 3 is 2.82 bits per heavy atom. The SMILES string of the molecule is CC/C=C/CCCC(=O)NI. The van der Waals surface area contributed by atoms with Crippen molar-refractivity contribution in [3.63, 3.8) is 0 Å². The van der Waals surface area contributed by atoms with E-state index in [0.29, 0.717) is 6.42 Å². The van der Waals surface area contributed by atoms with Gasteiger partial charge >= 0.3 is 0 Å². The monoisotopic (exact) mass is 267 g/mol. The van der Waals surface area contributed by atoms with Crippen LogP contribution in [0.25, 0.3) is 0 Å². The molecule has 0 bridgehead atoms. The molecule has 0 aromatic carbocycles. The molecule has 0 fully saturated rings. The summed E-state index contributed by atoms with van der Waals surface area (Å²) < 4.78 is 2.56. The average Bonchev–Trinajstić information content (AvgIpc) is 2.04. The van der Waals surface area contributed by atoms with E-state index >= 15 is 0 Å². The maximum atomic E-state index is 10.7. The molecule has 1 N–H and O–H groups in total. The number of amides is 1. The van der Waals surface area contributed by atoms with Gasteiger partial charge in [-0.15, -0.1) is 0 Å². The summed E-state index contributed by atoms with van der Waals surface area (Å²) >= 11 is 1.86. The van der Waals surface area contributed by atoms with Gasteiger partial charge in [0.25, 0.3) is 0 Å². The Hall–Kier alpha value is -0.0600. The van der Waals surface area contributed by atoms with Crippen LogP contribution in [0.1, 0.15) is 32.6 Å². The number of hydrogen-bond acceptors (Lipinski definition) is 1. The molecule has 0 atom stereocenters. The predicted octanol–water partition coefficient (Wildman–Crippen LogP) is 2.59. The highest BCUT2D eigenvalue weighted by Crippen LogP contribution is 1.97. The molecule has 0 heterocycles. The largest absolute Gasteiger partial charge is 0.299 e. The van der Waals surface area contributed by atoms with Crippen molar-refractivity contribution < 1.29 is 4.79 Å². The third-order valence-electron chi connectivity index (χ3n) is 1.28. The van der Waals surface area contributed by atoms with Crippen molar-refractivity contribution in [2.45, 2.75) is 32.6 Å². The predicted molar refractivity (Wildman–Crippen MR) is 55.4 cm³/mol. The van der Waals surface area contributed by atoms with Crippen LogP contribution in [0, 0.1) is 0 Å². The Morgan fingerprint density at radius 1 is 1.55 bits per heavy atom. The molecule has 0 unspecified atom stereocenters. The second-order valence-electron chi connectivity index (χ2n) is 2.29. The third-order valence-corrected chi connectivity index (χ3v) is 1.88. The highest BCUT2D eigenvalue weighted by Gasteiger charge is 1.94. The zero-order valence-electron chi connectivity index (χ0n) is 6.77. The number of nitrogens with one attached hydrogen (secondary N) is 1. The van der Waals surface area contributed by atoms with Crippen molar-refractivity contribution in [3.8, 4) is 0 Å². The fourth-order valence-corrected chi connectivity index (χ4v) is 0.982. The van der Waals surface area contributed by atoms with Gasteiger partial charge in [-0.2, -0.15) is 0 Å². The molecule has 2 nitrogen and oxygen atoms in total. The van der Waals surface area contributed by atoms with Crippen molar-refractivity contribution in [1.82, 2.24) is 3.53 Å². The number of hydrogen-bond donors (Lipinski definition) is 1. The maximum Gasteiger partial charge on any atom is 0.228 e. The Labute approximate surface area is 81.9 Å². The molecule has 0 saturated heterocycles. The lowest BCUT2D eigenvalue weighted by Crippen LogP contribution is -2.10. The molecular formula is C8H14INO. The van der Waals surface area contributed by atoms with Crippen LogP contribution in [0.5, 0.6) is 0 Å². The minimum atomic E-state index is 0.121. The molecule has 0 radical (unpaired) electrons. The minimum Gasteiger partial charge on any atom is -0.299 e. The summed E-state index contributed by atoms with van der Waals surface area (Å²) in [4.78, 5) is 10.7. The van der Waals surface area contributed by atoms with Gasteiger partial charge in [0, 0.05) is 6.42 Å². The van der Waals surface area contributed by atoms with Crippen molar-refractivity contribution in [2.24, 2.45) is 0 Å². The normalized spacial score (nSPS) is 10.4. The Bertz CT molecular complexity index is 134. The molecule has 0 aromatic rings. The number of unbranched alkanes of at least 4 members (excludes halogenated alkanes) is 1. The molecule has 0 saturated carbocycles. The van der Waals surface area contributed by atoms with Crippen LogP contribution >= 0.6 is 22.9 Å². The Kier molecular flexibility index (Phi) is 8.00. The van der Waals surface area contributed by atoms with E-state index in [9.17, 15) is 4.79 Å². The summed E-state index contributed by atoms with van der Waals surface area (Å²) in [5.74, 6) is 0.121. The number of allylic oxidation sites excluding steroid dienone is 2. The summed E-state index contributed by atoms with van der Waals surface area (Å²) in [7, 11) is 0. The van der Waals surface area contributed by atoms with Gasteiger partial charge in [0.2, 0.25) is 5.91 Å². The first-order valence-electron chi connectivity index (χ1n) is 3.85. The molecule has 3 heteroatoms. The van der Waals surface area contributed by atoms with Crippen molar-refractivity contribution in [2.75, 3.05) is 0 Å². The number of carbonyl (C=O) groups excluding carboxylic acids is 1. The van der Waals surface area contributed by atoms with Crippen molar-refractivity contribution >= 4 is 28.8 Å². The fourth-order valence-electron chi connectivity index (χ4n) is 0.712. The minimum absolute atomic E-state index is 0.121. The molecule has 0 aromatic heterocycles. The van der Waals surface area contributed by atoms with Gasteiger partial charge in [0.05, 0.1) is 22.9 Å². The van der Waals surface area contributed by atoms with E-state index in [2.05, 4.69) is 22.6 Å².